The highest BCUT2D eigenvalue weighted by Gasteiger charge is 2.44. The molecule has 0 saturated heterocycles. The Labute approximate surface area is 280 Å². The van der Waals surface area contributed by atoms with E-state index < -0.39 is 0 Å². The normalized spacial score (nSPS) is 14.8. The zero-order valence-corrected chi connectivity index (χ0v) is 26.8. The van der Waals surface area contributed by atoms with E-state index in [4.69, 9.17) is 4.42 Å². The second-order valence-corrected chi connectivity index (χ2v) is 13.6. The molecule has 10 rings (SSSR count). The molecule has 2 aliphatic rings. The number of anilines is 3. The van der Waals surface area contributed by atoms with Crippen molar-refractivity contribution >= 4 is 49.8 Å². The molecule has 230 valence electrons. The second-order valence-electron chi connectivity index (χ2n) is 13.6. The molecule has 1 saturated carbocycles. The van der Waals surface area contributed by atoms with E-state index in [0.717, 1.165) is 33.6 Å². The third-order valence-electron chi connectivity index (χ3n) is 11.1. The maximum atomic E-state index is 6.82. The molecule has 0 radical (unpaired) electrons. The van der Waals surface area contributed by atoms with Crippen LogP contribution in [0, 0.1) is 0 Å². The van der Waals surface area contributed by atoms with Crippen molar-refractivity contribution < 1.29 is 4.42 Å². The molecule has 1 spiro atoms. The molecule has 48 heavy (non-hydrogen) atoms. The zero-order chi connectivity index (χ0) is 31.7. The Balaban J connectivity index is 1.21. The number of hydrogen-bond acceptors (Lipinski definition) is 2. The average Bonchev–Trinajstić information content (AvgIpc) is 3.67. The summed E-state index contributed by atoms with van der Waals surface area (Å²) in [6.45, 7) is 0. The van der Waals surface area contributed by atoms with Crippen LogP contribution < -0.4 is 4.90 Å². The highest BCUT2D eigenvalue weighted by atomic mass is 16.3. The van der Waals surface area contributed by atoms with E-state index in [2.05, 4.69) is 157 Å². The SMILES string of the molecule is c1ccc(-c2ccc(N(c3ccc4c(c3)C3(CCCCC3)c3ccccc3-4)c3cccc4c3oc3ccc5ccccc5c34)cc2)cc1. The predicted octanol–water partition coefficient (Wildman–Crippen LogP) is 13.1. The lowest BCUT2D eigenvalue weighted by Crippen LogP contribution is -2.28. The third kappa shape index (κ3) is 4.05. The number of furan rings is 1. The molecule has 2 heteroatoms. The van der Waals surface area contributed by atoms with Crippen molar-refractivity contribution in [2.45, 2.75) is 37.5 Å². The Morgan fingerprint density at radius 3 is 2.08 bits per heavy atom. The van der Waals surface area contributed by atoms with Crippen LogP contribution in [0.3, 0.4) is 0 Å². The highest BCUT2D eigenvalue weighted by Crippen LogP contribution is 2.57. The standard InChI is InChI=1S/C46H35NO/c1-3-12-31(13-4-1)32-20-23-34(24-21-32)47(42-19-11-17-39-44-36-15-6-5-14-33(36)22-27-43(44)48-45(39)42)35-25-26-38-37-16-7-8-18-40(37)46(41(38)30-35)28-9-2-10-29-46/h1,3-8,11-27,30H,2,9-10,28-29H2. The fourth-order valence-electron chi connectivity index (χ4n) is 8.87. The molecule has 2 nitrogen and oxygen atoms in total. The van der Waals surface area contributed by atoms with Gasteiger partial charge in [-0.05, 0) is 93.4 Å². The van der Waals surface area contributed by atoms with Gasteiger partial charge in [0.2, 0.25) is 0 Å². The number of fused-ring (bicyclic) bond motifs is 10. The van der Waals surface area contributed by atoms with Crippen molar-refractivity contribution in [3.05, 3.63) is 163 Å². The molecular formula is C46H35NO. The smallest absolute Gasteiger partial charge is 0.159 e. The summed E-state index contributed by atoms with van der Waals surface area (Å²) < 4.78 is 6.82. The second kappa shape index (κ2) is 10.7. The third-order valence-corrected chi connectivity index (χ3v) is 11.1. The van der Waals surface area contributed by atoms with Crippen LogP contribution in [0.15, 0.2) is 156 Å². The first-order chi connectivity index (χ1) is 23.8. The van der Waals surface area contributed by atoms with Gasteiger partial charge in [0.15, 0.2) is 5.58 Å². The first-order valence-corrected chi connectivity index (χ1v) is 17.3. The van der Waals surface area contributed by atoms with Crippen LogP contribution in [0.25, 0.3) is 55.0 Å². The Kier molecular flexibility index (Phi) is 6.14. The summed E-state index contributed by atoms with van der Waals surface area (Å²) in [7, 11) is 0. The molecule has 0 aliphatic heterocycles. The molecule has 2 aliphatic carbocycles. The molecule has 1 heterocycles. The zero-order valence-electron chi connectivity index (χ0n) is 26.8. The molecule has 0 atom stereocenters. The largest absolute Gasteiger partial charge is 0.454 e. The van der Waals surface area contributed by atoms with Crippen molar-refractivity contribution in [2.24, 2.45) is 0 Å². The van der Waals surface area contributed by atoms with Gasteiger partial charge in [-0.25, -0.2) is 0 Å². The summed E-state index contributed by atoms with van der Waals surface area (Å²) in [5.74, 6) is 0. The van der Waals surface area contributed by atoms with Gasteiger partial charge in [0.1, 0.15) is 5.58 Å². The molecule has 1 aromatic heterocycles. The molecule has 0 N–H and O–H groups in total. The van der Waals surface area contributed by atoms with Crippen LogP contribution in [0.4, 0.5) is 17.1 Å². The molecule has 1 fully saturated rings. The summed E-state index contributed by atoms with van der Waals surface area (Å²) >= 11 is 0. The summed E-state index contributed by atoms with van der Waals surface area (Å²) in [4.78, 5) is 2.42. The lowest BCUT2D eigenvalue weighted by molar-refractivity contribution is 0.353. The van der Waals surface area contributed by atoms with Crippen LogP contribution in [-0.4, -0.2) is 0 Å². The minimum Gasteiger partial charge on any atom is -0.454 e. The minimum atomic E-state index is 0.0767. The Hall–Kier alpha value is -5.60. The van der Waals surface area contributed by atoms with Crippen molar-refractivity contribution in [2.75, 3.05) is 4.90 Å². The summed E-state index contributed by atoms with van der Waals surface area (Å²) in [6, 6.07) is 55.5. The maximum Gasteiger partial charge on any atom is 0.159 e. The monoisotopic (exact) mass is 617 g/mol. The summed E-state index contributed by atoms with van der Waals surface area (Å²) in [5, 5.41) is 4.76. The van der Waals surface area contributed by atoms with E-state index in [-0.39, 0.29) is 5.41 Å². The lowest BCUT2D eigenvalue weighted by atomic mass is 9.68. The molecule has 8 aromatic rings. The summed E-state index contributed by atoms with van der Waals surface area (Å²) in [6.07, 6.45) is 6.28. The molecule has 0 bridgehead atoms. The fourth-order valence-corrected chi connectivity index (χ4v) is 8.87. The van der Waals surface area contributed by atoms with Crippen molar-refractivity contribution in [1.82, 2.24) is 0 Å². The van der Waals surface area contributed by atoms with Gasteiger partial charge in [-0.15, -0.1) is 0 Å². The van der Waals surface area contributed by atoms with Crippen LogP contribution in [0.5, 0.6) is 0 Å². The average molecular weight is 618 g/mol. The molecule has 0 unspecified atom stereocenters. The number of para-hydroxylation sites is 1. The quantitative estimate of drug-likeness (QED) is 0.195. The Morgan fingerprint density at radius 2 is 1.21 bits per heavy atom. The van der Waals surface area contributed by atoms with Gasteiger partial charge in [0.05, 0.1) is 5.69 Å². The van der Waals surface area contributed by atoms with Crippen LogP contribution in [0.2, 0.25) is 0 Å². The van der Waals surface area contributed by atoms with Crippen LogP contribution in [0.1, 0.15) is 43.2 Å². The Bertz CT molecular complexity index is 2480. The van der Waals surface area contributed by atoms with E-state index in [1.54, 1.807) is 0 Å². The van der Waals surface area contributed by atoms with Gasteiger partial charge in [-0.3, -0.25) is 0 Å². The molecule has 0 amide bonds. The molecular weight excluding hydrogens is 583 g/mol. The highest BCUT2D eigenvalue weighted by molar-refractivity contribution is 6.21. The number of benzene rings is 7. The van der Waals surface area contributed by atoms with Gasteiger partial charge in [-0.1, -0.05) is 135 Å². The van der Waals surface area contributed by atoms with Crippen molar-refractivity contribution in [3.8, 4) is 22.3 Å². The number of rotatable bonds is 4. The van der Waals surface area contributed by atoms with E-state index in [1.807, 2.05) is 0 Å². The first-order valence-electron chi connectivity index (χ1n) is 17.3. The van der Waals surface area contributed by atoms with E-state index in [0.29, 0.717) is 0 Å². The minimum absolute atomic E-state index is 0.0767. The Morgan fingerprint density at radius 1 is 0.500 bits per heavy atom. The fraction of sp³-hybridized carbons (Fsp3) is 0.130. The lowest BCUT2D eigenvalue weighted by Gasteiger charge is -2.36. The van der Waals surface area contributed by atoms with Crippen LogP contribution in [-0.2, 0) is 5.41 Å². The summed E-state index contributed by atoms with van der Waals surface area (Å²) in [5.41, 5.74) is 13.5. The van der Waals surface area contributed by atoms with Crippen LogP contribution >= 0.6 is 0 Å². The van der Waals surface area contributed by atoms with Gasteiger partial charge in [-0.2, -0.15) is 0 Å². The number of hydrogen-bond donors (Lipinski definition) is 0. The topological polar surface area (TPSA) is 16.4 Å². The first kappa shape index (κ1) is 27.5. The molecule has 7 aromatic carbocycles. The van der Waals surface area contributed by atoms with Gasteiger partial charge >= 0.3 is 0 Å². The van der Waals surface area contributed by atoms with E-state index in [1.165, 1.54) is 81.6 Å². The number of nitrogens with zero attached hydrogens (tertiary/aromatic N) is 1. The van der Waals surface area contributed by atoms with Gasteiger partial charge in [0.25, 0.3) is 0 Å². The predicted molar refractivity (Wildman–Crippen MR) is 201 cm³/mol. The van der Waals surface area contributed by atoms with Gasteiger partial charge < -0.3 is 9.32 Å². The van der Waals surface area contributed by atoms with E-state index in [9.17, 15) is 0 Å². The van der Waals surface area contributed by atoms with Gasteiger partial charge in [0, 0.05) is 27.6 Å². The van der Waals surface area contributed by atoms with Crippen molar-refractivity contribution in [1.29, 1.82) is 0 Å². The maximum absolute atomic E-state index is 6.82. The van der Waals surface area contributed by atoms with Crippen molar-refractivity contribution in [3.63, 3.8) is 0 Å². The van der Waals surface area contributed by atoms with E-state index >= 15 is 0 Å².